The number of nitrogens with one attached hydrogen (secondary N) is 1. The Bertz CT molecular complexity index is 431. The second-order valence-corrected chi connectivity index (χ2v) is 5.39. The van der Waals surface area contributed by atoms with Gasteiger partial charge in [-0.2, -0.15) is 0 Å². The smallest absolute Gasteiger partial charge is 0.216 e. The molecule has 1 aromatic carbocycles. The maximum atomic E-state index is 12.6. The van der Waals surface area contributed by atoms with Gasteiger partial charge in [-0.25, -0.2) is 17.5 Å². The van der Waals surface area contributed by atoms with Gasteiger partial charge in [0.2, 0.25) is 10.0 Å². The molecular weight excluding hydrogens is 231 g/mol. The number of nitrogens with two attached hydrogens (primary N) is 1. The summed E-state index contributed by atoms with van der Waals surface area (Å²) in [5, 5.41) is 0. The Morgan fingerprint density at radius 1 is 1.38 bits per heavy atom. The summed E-state index contributed by atoms with van der Waals surface area (Å²) in [5.74, 6) is -0.554. The second-order valence-electron chi connectivity index (χ2n) is 3.64. The molecular formula is C10H15FN2O2S. The molecule has 0 saturated carbocycles. The monoisotopic (exact) mass is 246 g/mol. The molecule has 0 fully saturated rings. The van der Waals surface area contributed by atoms with Crippen LogP contribution in [-0.2, 0) is 15.8 Å². The lowest BCUT2D eigenvalue weighted by molar-refractivity contribution is 0.561. The molecule has 0 amide bonds. The highest BCUT2D eigenvalue weighted by Gasteiger charge is 2.14. The summed E-state index contributed by atoms with van der Waals surface area (Å²) < 4.78 is 38.2. The average molecular weight is 246 g/mol. The topological polar surface area (TPSA) is 72.2 Å². The van der Waals surface area contributed by atoms with Gasteiger partial charge in [0.05, 0.1) is 5.75 Å². The molecule has 0 aliphatic rings. The first-order valence-corrected chi connectivity index (χ1v) is 6.52. The van der Waals surface area contributed by atoms with E-state index in [4.69, 9.17) is 5.73 Å². The zero-order valence-electron chi connectivity index (χ0n) is 8.98. The number of halogens is 1. The quantitative estimate of drug-likeness (QED) is 0.798. The van der Waals surface area contributed by atoms with Crippen LogP contribution in [0.25, 0.3) is 0 Å². The number of benzene rings is 1. The SMILES string of the molecule is C[C@@H](CN)NS(=O)(=O)Cc1ccc(F)cc1. The van der Waals surface area contributed by atoms with Crippen LogP contribution in [0.1, 0.15) is 12.5 Å². The molecule has 0 spiro atoms. The van der Waals surface area contributed by atoms with Gasteiger partial charge in [0.15, 0.2) is 0 Å². The lowest BCUT2D eigenvalue weighted by Crippen LogP contribution is -2.38. The van der Waals surface area contributed by atoms with Gasteiger partial charge in [0.25, 0.3) is 0 Å². The molecule has 3 N–H and O–H groups in total. The highest BCUT2D eigenvalue weighted by molar-refractivity contribution is 7.88. The summed E-state index contributed by atoms with van der Waals surface area (Å²) in [6, 6.07) is 5.06. The van der Waals surface area contributed by atoms with Crippen molar-refractivity contribution in [2.24, 2.45) is 5.73 Å². The van der Waals surface area contributed by atoms with Gasteiger partial charge in [0, 0.05) is 12.6 Å². The minimum absolute atomic E-state index is 0.169. The molecule has 0 radical (unpaired) electrons. The third-order valence-corrected chi connectivity index (χ3v) is 3.48. The van der Waals surface area contributed by atoms with Crippen LogP contribution < -0.4 is 10.5 Å². The fourth-order valence-corrected chi connectivity index (χ4v) is 2.62. The van der Waals surface area contributed by atoms with Crippen molar-refractivity contribution in [1.82, 2.24) is 4.72 Å². The second kappa shape index (κ2) is 5.38. The van der Waals surface area contributed by atoms with Crippen LogP contribution in [0, 0.1) is 5.82 Å². The lowest BCUT2D eigenvalue weighted by atomic mass is 10.2. The van der Waals surface area contributed by atoms with Gasteiger partial charge in [0.1, 0.15) is 5.82 Å². The van der Waals surface area contributed by atoms with Crippen LogP contribution in [0.5, 0.6) is 0 Å². The number of hydrogen-bond acceptors (Lipinski definition) is 3. The molecule has 0 aliphatic heterocycles. The van der Waals surface area contributed by atoms with Gasteiger partial charge in [-0.05, 0) is 24.6 Å². The first-order valence-electron chi connectivity index (χ1n) is 4.87. The third kappa shape index (κ3) is 4.26. The summed E-state index contributed by atoms with van der Waals surface area (Å²) in [4.78, 5) is 0. The summed E-state index contributed by atoms with van der Waals surface area (Å²) in [7, 11) is -3.41. The molecule has 0 unspecified atom stereocenters. The molecule has 6 heteroatoms. The highest BCUT2D eigenvalue weighted by Crippen LogP contribution is 2.06. The molecule has 0 saturated heterocycles. The molecule has 0 aromatic heterocycles. The molecule has 1 atom stereocenters. The van der Waals surface area contributed by atoms with Crippen LogP contribution in [0.15, 0.2) is 24.3 Å². The largest absolute Gasteiger partial charge is 0.329 e. The van der Waals surface area contributed by atoms with Crippen molar-refractivity contribution in [2.75, 3.05) is 6.54 Å². The van der Waals surface area contributed by atoms with Gasteiger partial charge in [-0.1, -0.05) is 12.1 Å². The standard InChI is InChI=1S/C10H15FN2O2S/c1-8(6-12)13-16(14,15)7-9-2-4-10(11)5-3-9/h2-5,8,13H,6-7,12H2,1H3/t8-/m0/s1. The van der Waals surface area contributed by atoms with Crippen LogP contribution in [0.2, 0.25) is 0 Å². The van der Waals surface area contributed by atoms with Crippen molar-refractivity contribution in [3.8, 4) is 0 Å². The van der Waals surface area contributed by atoms with E-state index in [0.717, 1.165) is 0 Å². The van der Waals surface area contributed by atoms with Crippen molar-refractivity contribution >= 4 is 10.0 Å². The minimum Gasteiger partial charge on any atom is -0.329 e. The van der Waals surface area contributed by atoms with E-state index in [-0.39, 0.29) is 24.2 Å². The zero-order chi connectivity index (χ0) is 12.2. The van der Waals surface area contributed by atoms with E-state index in [1.165, 1.54) is 24.3 Å². The minimum atomic E-state index is -3.41. The highest BCUT2D eigenvalue weighted by atomic mass is 32.2. The maximum Gasteiger partial charge on any atom is 0.216 e. The summed E-state index contributed by atoms with van der Waals surface area (Å²) in [6.45, 7) is 1.92. The van der Waals surface area contributed by atoms with E-state index >= 15 is 0 Å². The molecule has 0 aliphatic carbocycles. The van der Waals surface area contributed by atoms with Gasteiger partial charge < -0.3 is 5.73 Å². The predicted molar refractivity (Wildman–Crippen MR) is 60.7 cm³/mol. The Morgan fingerprint density at radius 3 is 2.44 bits per heavy atom. The third-order valence-electron chi connectivity index (χ3n) is 2.00. The normalized spacial score (nSPS) is 13.7. The Morgan fingerprint density at radius 2 is 1.94 bits per heavy atom. The number of hydrogen-bond donors (Lipinski definition) is 2. The van der Waals surface area contributed by atoms with E-state index in [1.54, 1.807) is 6.92 Å². The van der Waals surface area contributed by atoms with Crippen molar-refractivity contribution in [3.63, 3.8) is 0 Å². The average Bonchev–Trinajstić information content (AvgIpc) is 2.20. The van der Waals surface area contributed by atoms with E-state index in [1.807, 2.05) is 0 Å². The van der Waals surface area contributed by atoms with Crippen LogP contribution in [0.4, 0.5) is 4.39 Å². The fraction of sp³-hybridized carbons (Fsp3) is 0.400. The molecule has 0 heterocycles. The summed E-state index contributed by atoms with van der Waals surface area (Å²) in [6.07, 6.45) is 0. The van der Waals surface area contributed by atoms with Crippen molar-refractivity contribution < 1.29 is 12.8 Å². The zero-order valence-corrected chi connectivity index (χ0v) is 9.80. The Balaban J connectivity index is 2.69. The molecule has 16 heavy (non-hydrogen) atoms. The van der Waals surface area contributed by atoms with Gasteiger partial charge in [-0.3, -0.25) is 0 Å². The Labute approximate surface area is 94.7 Å². The van der Waals surface area contributed by atoms with E-state index in [0.29, 0.717) is 5.56 Å². The molecule has 90 valence electrons. The van der Waals surface area contributed by atoms with E-state index < -0.39 is 10.0 Å². The molecule has 0 bridgehead atoms. The summed E-state index contributed by atoms with van der Waals surface area (Å²) >= 11 is 0. The predicted octanol–water partition coefficient (Wildman–Crippen LogP) is 0.592. The maximum absolute atomic E-state index is 12.6. The van der Waals surface area contributed by atoms with Gasteiger partial charge >= 0.3 is 0 Å². The molecule has 1 rings (SSSR count). The Hall–Kier alpha value is -0.980. The van der Waals surface area contributed by atoms with Crippen molar-refractivity contribution in [3.05, 3.63) is 35.6 Å². The fourth-order valence-electron chi connectivity index (χ4n) is 1.20. The van der Waals surface area contributed by atoms with E-state index in [9.17, 15) is 12.8 Å². The van der Waals surface area contributed by atoms with E-state index in [2.05, 4.69) is 4.72 Å². The molecule has 1 aromatic rings. The molecule has 4 nitrogen and oxygen atoms in total. The number of rotatable bonds is 5. The van der Waals surface area contributed by atoms with Crippen LogP contribution in [0.3, 0.4) is 0 Å². The van der Waals surface area contributed by atoms with Crippen LogP contribution in [-0.4, -0.2) is 21.0 Å². The van der Waals surface area contributed by atoms with Gasteiger partial charge in [-0.15, -0.1) is 0 Å². The van der Waals surface area contributed by atoms with Crippen molar-refractivity contribution in [2.45, 2.75) is 18.7 Å². The van der Waals surface area contributed by atoms with Crippen LogP contribution >= 0.6 is 0 Å². The van der Waals surface area contributed by atoms with Crippen molar-refractivity contribution in [1.29, 1.82) is 0 Å². The summed E-state index contributed by atoms with van der Waals surface area (Å²) in [5.41, 5.74) is 5.86. The first kappa shape index (κ1) is 13.1. The lowest BCUT2D eigenvalue weighted by Gasteiger charge is -2.11. The Kier molecular flexibility index (Phi) is 4.40. The number of sulfonamides is 1. The first-order chi connectivity index (χ1) is 7.43.